The Hall–Kier alpha value is -0.860. The van der Waals surface area contributed by atoms with Gasteiger partial charge in [0.2, 0.25) is 0 Å². The summed E-state index contributed by atoms with van der Waals surface area (Å²) in [6, 6.07) is 9.27. The standard InChI is InChI=1S/C18H25NS/c1-6-19-15(16-17(2,3)18(16,4)5)13-11-20-14-10-8-7-9-12(13)14/h7-11,15-16,19H,6H2,1-5H3. The zero-order valence-electron chi connectivity index (χ0n) is 13.2. The van der Waals surface area contributed by atoms with Gasteiger partial charge >= 0.3 is 0 Å². The first-order valence-electron chi connectivity index (χ1n) is 7.60. The lowest BCUT2D eigenvalue weighted by Crippen LogP contribution is -2.24. The third-order valence-corrected chi connectivity index (χ3v) is 6.72. The smallest absolute Gasteiger partial charge is 0.0373 e. The van der Waals surface area contributed by atoms with E-state index in [1.807, 2.05) is 11.3 Å². The van der Waals surface area contributed by atoms with Crippen LogP contribution in [0.1, 0.15) is 46.2 Å². The molecule has 0 radical (unpaired) electrons. The number of hydrogen-bond donors (Lipinski definition) is 1. The van der Waals surface area contributed by atoms with Gasteiger partial charge in [0, 0.05) is 10.7 Å². The van der Waals surface area contributed by atoms with Crippen LogP contribution in [0.5, 0.6) is 0 Å². The van der Waals surface area contributed by atoms with Crippen LogP contribution in [-0.4, -0.2) is 6.54 Å². The Kier molecular flexibility index (Phi) is 3.22. The molecule has 1 nitrogen and oxygen atoms in total. The van der Waals surface area contributed by atoms with Gasteiger partial charge in [-0.25, -0.2) is 0 Å². The molecule has 2 heteroatoms. The highest BCUT2D eigenvalue weighted by Gasteiger charge is 2.67. The summed E-state index contributed by atoms with van der Waals surface area (Å²) >= 11 is 1.87. The lowest BCUT2D eigenvalue weighted by Gasteiger charge is -2.20. The molecule has 1 fully saturated rings. The fraction of sp³-hybridized carbons (Fsp3) is 0.556. The molecular formula is C18H25NS. The molecular weight excluding hydrogens is 262 g/mol. The van der Waals surface area contributed by atoms with Gasteiger partial charge in [-0.3, -0.25) is 0 Å². The minimum absolute atomic E-state index is 0.406. The normalized spacial score (nSPS) is 22.1. The second kappa shape index (κ2) is 4.57. The predicted molar refractivity (Wildman–Crippen MR) is 89.3 cm³/mol. The van der Waals surface area contributed by atoms with Gasteiger partial charge in [0.25, 0.3) is 0 Å². The fourth-order valence-corrected chi connectivity index (χ4v) is 4.94. The van der Waals surface area contributed by atoms with Crippen LogP contribution in [-0.2, 0) is 0 Å². The molecule has 0 bridgehead atoms. The van der Waals surface area contributed by atoms with Crippen molar-refractivity contribution in [2.45, 2.75) is 40.7 Å². The van der Waals surface area contributed by atoms with Gasteiger partial charge < -0.3 is 5.32 Å². The molecule has 0 spiro atoms. The average molecular weight is 287 g/mol. The third kappa shape index (κ3) is 1.85. The second-order valence-corrected chi connectivity index (χ2v) is 8.05. The fourth-order valence-electron chi connectivity index (χ4n) is 3.95. The van der Waals surface area contributed by atoms with Crippen LogP contribution < -0.4 is 5.32 Å². The molecule has 1 saturated carbocycles. The highest BCUT2D eigenvalue weighted by Crippen LogP contribution is 2.72. The van der Waals surface area contributed by atoms with E-state index in [0.717, 1.165) is 6.54 Å². The van der Waals surface area contributed by atoms with E-state index in [0.29, 0.717) is 22.8 Å². The summed E-state index contributed by atoms with van der Waals surface area (Å²) in [5, 5.41) is 7.55. The van der Waals surface area contributed by atoms with E-state index in [-0.39, 0.29) is 0 Å². The Labute approximate surface area is 126 Å². The molecule has 1 aliphatic rings. The minimum Gasteiger partial charge on any atom is -0.310 e. The van der Waals surface area contributed by atoms with E-state index < -0.39 is 0 Å². The van der Waals surface area contributed by atoms with Crippen LogP contribution in [0.2, 0.25) is 0 Å². The van der Waals surface area contributed by atoms with Crippen LogP contribution in [0.4, 0.5) is 0 Å². The maximum Gasteiger partial charge on any atom is 0.0373 e. The maximum absolute atomic E-state index is 3.76. The van der Waals surface area contributed by atoms with Crippen LogP contribution in [0.15, 0.2) is 29.6 Å². The first-order chi connectivity index (χ1) is 9.41. The number of rotatable bonds is 4. The number of fused-ring (bicyclic) bond motifs is 1. The van der Waals surface area contributed by atoms with E-state index >= 15 is 0 Å². The van der Waals surface area contributed by atoms with Crippen molar-refractivity contribution in [3.05, 3.63) is 35.2 Å². The molecule has 3 rings (SSSR count). The van der Waals surface area contributed by atoms with Crippen LogP contribution in [0.25, 0.3) is 10.1 Å². The van der Waals surface area contributed by atoms with Crippen molar-refractivity contribution in [3.8, 4) is 0 Å². The van der Waals surface area contributed by atoms with E-state index in [1.165, 1.54) is 15.6 Å². The van der Waals surface area contributed by atoms with Crippen molar-refractivity contribution >= 4 is 21.4 Å². The summed E-state index contributed by atoms with van der Waals surface area (Å²) in [5.41, 5.74) is 2.31. The Morgan fingerprint density at radius 3 is 2.40 bits per heavy atom. The lowest BCUT2D eigenvalue weighted by atomic mass is 9.96. The monoisotopic (exact) mass is 287 g/mol. The minimum atomic E-state index is 0.406. The van der Waals surface area contributed by atoms with Gasteiger partial charge in [-0.1, -0.05) is 52.8 Å². The Morgan fingerprint density at radius 2 is 1.80 bits per heavy atom. The molecule has 20 heavy (non-hydrogen) atoms. The van der Waals surface area contributed by atoms with Gasteiger partial charge in [0.1, 0.15) is 0 Å². The van der Waals surface area contributed by atoms with Gasteiger partial charge in [-0.05, 0) is 45.7 Å². The van der Waals surface area contributed by atoms with Crippen molar-refractivity contribution in [2.24, 2.45) is 16.7 Å². The Bertz CT molecular complexity index is 609. The second-order valence-electron chi connectivity index (χ2n) is 7.14. The quantitative estimate of drug-likeness (QED) is 0.811. The van der Waals surface area contributed by atoms with Crippen molar-refractivity contribution in [2.75, 3.05) is 6.54 Å². The molecule has 1 unspecified atom stereocenters. The van der Waals surface area contributed by atoms with Crippen molar-refractivity contribution < 1.29 is 0 Å². The summed E-state index contributed by atoms with van der Waals surface area (Å²) in [5.74, 6) is 0.702. The molecule has 2 aromatic rings. The summed E-state index contributed by atoms with van der Waals surface area (Å²) in [7, 11) is 0. The Balaban J connectivity index is 2.04. The lowest BCUT2D eigenvalue weighted by molar-refractivity contribution is 0.421. The molecule has 0 saturated heterocycles. The molecule has 0 amide bonds. The first kappa shape index (κ1) is 14.1. The summed E-state index contributed by atoms with van der Waals surface area (Å²) in [4.78, 5) is 0. The van der Waals surface area contributed by atoms with E-state index in [9.17, 15) is 0 Å². The van der Waals surface area contributed by atoms with E-state index in [2.05, 4.69) is 69.6 Å². The SMILES string of the molecule is CCNC(c1csc2ccccc12)C1C(C)(C)C1(C)C. The van der Waals surface area contributed by atoms with Crippen LogP contribution in [0, 0.1) is 16.7 Å². The molecule has 108 valence electrons. The van der Waals surface area contributed by atoms with E-state index in [1.54, 1.807) is 0 Å². The van der Waals surface area contributed by atoms with Gasteiger partial charge in [-0.2, -0.15) is 0 Å². The molecule has 0 aliphatic heterocycles. The van der Waals surface area contributed by atoms with E-state index in [4.69, 9.17) is 0 Å². The maximum atomic E-state index is 3.76. The summed E-state index contributed by atoms with van der Waals surface area (Å²) < 4.78 is 1.40. The highest BCUT2D eigenvalue weighted by atomic mass is 32.1. The number of thiophene rings is 1. The molecule has 1 heterocycles. The molecule has 1 aromatic heterocycles. The van der Waals surface area contributed by atoms with Crippen molar-refractivity contribution in [1.29, 1.82) is 0 Å². The third-order valence-electron chi connectivity index (χ3n) is 5.74. The summed E-state index contributed by atoms with van der Waals surface area (Å²) in [6.45, 7) is 12.9. The topological polar surface area (TPSA) is 12.0 Å². The first-order valence-corrected chi connectivity index (χ1v) is 8.48. The molecule has 1 atom stereocenters. The summed E-state index contributed by atoms with van der Waals surface area (Å²) in [6.07, 6.45) is 0. The van der Waals surface area contributed by atoms with Gasteiger partial charge in [0.05, 0.1) is 0 Å². The number of benzene rings is 1. The molecule has 1 aliphatic carbocycles. The largest absolute Gasteiger partial charge is 0.310 e. The predicted octanol–water partition coefficient (Wildman–Crippen LogP) is 5.23. The van der Waals surface area contributed by atoms with Crippen LogP contribution in [0.3, 0.4) is 0 Å². The Morgan fingerprint density at radius 1 is 1.15 bits per heavy atom. The zero-order chi connectivity index (χ0) is 14.5. The van der Waals surface area contributed by atoms with Crippen molar-refractivity contribution in [3.63, 3.8) is 0 Å². The number of nitrogens with one attached hydrogen (secondary N) is 1. The van der Waals surface area contributed by atoms with Crippen LogP contribution >= 0.6 is 11.3 Å². The average Bonchev–Trinajstić information content (AvgIpc) is 2.74. The molecule has 1 aromatic carbocycles. The van der Waals surface area contributed by atoms with Gasteiger partial charge in [-0.15, -0.1) is 11.3 Å². The number of hydrogen-bond acceptors (Lipinski definition) is 2. The molecule has 1 N–H and O–H groups in total. The highest BCUT2D eigenvalue weighted by molar-refractivity contribution is 7.17. The van der Waals surface area contributed by atoms with Crippen molar-refractivity contribution in [1.82, 2.24) is 5.32 Å². The van der Waals surface area contributed by atoms with Gasteiger partial charge in [0.15, 0.2) is 0 Å². The zero-order valence-corrected chi connectivity index (χ0v) is 14.0.